The normalized spacial score (nSPS) is 24.4. The van der Waals surface area contributed by atoms with Gasteiger partial charge in [0, 0.05) is 6.04 Å². The predicted octanol–water partition coefficient (Wildman–Crippen LogP) is 4.52. The van der Waals surface area contributed by atoms with Crippen molar-refractivity contribution in [3.05, 3.63) is 11.6 Å². The molecule has 0 bridgehead atoms. The lowest BCUT2D eigenvalue weighted by Crippen LogP contribution is -2.32. The van der Waals surface area contributed by atoms with Crippen molar-refractivity contribution >= 4 is 0 Å². The third kappa shape index (κ3) is 3.84. The Morgan fingerprint density at radius 1 is 1.29 bits per heavy atom. The molecule has 0 aromatic rings. The van der Waals surface area contributed by atoms with E-state index in [2.05, 4.69) is 47.6 Å². The van der Waals surface area contributed by atoms with Gasteiger partial charge in [0.2, 0.25) is 0 Å². The summed E-state index contributed by atoms with van der Waals surface area (Å²) >= 11 is 0. The zero-order valence-electron chi connectivity index (χ0n) is 12.6. The minimum Gasteiger partial charge on any atom is -0.327 e. The summed E-state index contributed by atoms with van der Waals surface area (Å²) in [4.78, 5) is 0. The van der Waals surface area contributed by atoms with E-state index >= 15 is 0 Å². The van der Waals surface area contributed by atoms with Crippen LogP contribution in [0.25, 0.3) is 0 Å². The quantitative estimate of drug-likeness (QED) is 0.717. The fraction of sp³-hybridized carbons (Fsp3) is 0.875. The molecule has 0 aliphatic heterocycles. The lowest BCUT2D eigenvalue weighted by atomic mass is 9.64. The van der Waals surface area contributed by atoms with Crippen LogP contribution in [0.5, 0.6) is 0 Å². The van der Waals surface area contributed by atoms with E-state index in [0.29, 0.717) is 22.8 Å². The molecule has 1 aliphatic carbocycles. The van der Waals surface area contributed by atoms with E-state index in [4.69, 9.17) is 5.73 Å². The molecule has 0 aromatic carbocycles. The van der Waals surface area contributed by atoms with Crippen LogP contribution in [0.4, 0.5) is 0 Å². The van der Waals surface area contributed by atoms with Crippen molar-refractivity contribution in [2.75, 3.05) is 0 Å². The first kappa shape index (κ1) is 14.8. The molecule has 0 amide bonds. The lowest BCUT2D eigenvalue weighted by molar-refractivity contribution is 0.104. The minimum absolute atomic E-state index is 0.368. The average Bonchev–Trinajstić information content (AvgIpc) is 2.16. The summed E-state index contributed by atoms with van der Waals surface area (Å²) in [6, 6.07) is 0.404. The average molecular weight is 237 g/mol. The van der Waals surface area contributed by atoms with Gasteiger partial charge in [-0.2, -0.15) is 0 Å². The van der Waals surface area contributed by atoms with E-state index in [9.17, 15) is 0 Å². The van der Waals surface area contributed by atoms with E-state index in [1.807, 2.05) is 0 Å². The van der Waals surface area contributed by atoms with Crippen molar-refractivity contribution in [1.29, 1.82) is 0 Å². The molecule has 0 fully saturated rings. The largest absolute Gasteiger partial charge is 0.327 e. The van der Waals surface area contributed by atoms with E-state index in [-0.39, 0.29) is 0 Å². The molecule has 0 spiro atoms. The maximum atomic E-state index is 5.95. The maximum Gasteiger partial charge on any atom is 0.00765 e. The van der Waals surface area contributed by atoms with Gasteiger partial charge >= 0.3 is 0 Å². The van der Waals surface area contributed by atoms with Crippen LogP contribution in [0.1, 0.15) is 67.2 Å². The molecule has 1 heteroatoms. The molecule has 0 saturated carbocycles. The van der Waals surface area contributed by atoms with Crippen LogP contribution in [-0.2, 0) is 0 Å². The highest BCUT2D eigenvalue weighted by atomic mass is 14.6. The number of rotatable bonds is 3. The molecule has 0 radical (unpaired) electrons. The van der Waals surface area contributed by atoms with Crippen molar-refractivity contribution in [2.45, 2.75) is 73.3 Å². The Kier molecular flexibility index (Phi) is 4.46. The summed E-state index contributed by atoms with van der Waals surface area (Å²) in [5.74, 6) is 0.705. The molecule has 1 aliphatic rings. The molecule has 0 aromatic heterocycles. The van der Waals surface area contributed by atoms with E-state index < -0.39 is 0 Å². The van der Waals surface area contributed by atoms with Crippen LogP contribution in [-0.4, -0.2) is 6.04 Å². The molecule has 2 unspecified atom stereocenters. The second-order valence-corrected chi connectivity index (χ2v) is 7.55. The number of allylic oxidation sites excluding steroid dienone is 1. The van der Waals surface area contributed by atoms with Crippen molar-refractivity contribution in [2.24, 2.45) is 22.5 Å². The highest BCUT2D eigenvalue weighted by Gasteiger charge is 2.34. The summed E-state index contributed by atoms with van der Waals surface area (Å²) in [5, 5.41) is 0. The highest BCUT2D eigenvalue weighted by molar-refractivity contribution is 5.11. The van der Waals surface area contributed by atoms with E-state index in [1.165, 1.54) is 19.3 Å². The summed E-state index contributed by atoms with van der Waals surface area (Å²) in [7, 11) is 0. The van der Waals surface area contributed by atoms with E-state index in [1.54, 1.807) is 5.57 Å². The molecule has 17 heavy (non-hydrogen) atoms. The first-order valence-corrected chi connectivity index (χ1v) is 7.08. The molecule has 2 N–H and O–H groups in total. The van der Waals surface area contributed by atoms with Crippen LogP contribution >= 0.6 is 0 Å². The molecule has 0 saturated heterocycles. The Balaban J connectivity index is 2.64. The Morgan fingerprint density at radius 2 is 1.88 bits per heavy atom. The Morgan fingerprint density at radius 3 is 2.29 bits per heavy atom. The van der Waals surface area contributed by atoms with Crippen LogP contribution in [0, 0.1) is 16.7 Å². The second-order valence-electron chi connectivity index (χ2n) is 7.55. The first-order valence-electron chi connectivity index (χ1n) is 7.08. The molecular weight excluding hydrogens is 206 g/mol. The van der Waals surface area contributed by atoms with E-state index in [0.717, 1.165) is 6.42 Å². The Bertz CT molecular complexity index is 280. The predicted molar refractivity (Wildman–Crippen MR) is 76.9 cm³/mol. The lowest BCUT2D eigenvalue weighted by Gasteiger charge is -2.41. The zero-order valence-corrected chi connectivity index (χ0v) is 12.6. The van der Waals surface area contributed by atoms with Gasteiger partial charge in [-0.3, -0.25) is 0 Å². The highest BCUT2D eigenvalue weighted by Crippen LogP contribution is 2.44. The van der Waals surface area contributed by atoms with Gasteiger partial charge in [0.05, 0.1) is 0 Å². The summed E-state index contributed by atoms with van der Waals surface area (Å²) in [5.41, 5.74) is 8.34. The van der Waals surface area contributed by atoms with Gasteiger partial charge in [0.1, 0.15) is 0 Å². The molecule has 0 heterocycles. The van der Waals surface area contributed by atoms with Crippen molar-refractivity contribution in [3.63, 3.8) is 0 Å². The standard InChI is InChI=1S/C16H31N/c1-12(11-16(5,6)15(2,3)4)13-7-9-14(17)10-8-13/h7,12,14H,8-11,17H2,1-6H3. The monoisotopic (exact) mass is 237 g/mol. The molecule has 1 nitrogen and oxygen atoms in total. The Hall–Kier alpha value is -0.300. The molecule has 1 rings (SSSR count). The summed E-state index contributed by atoms with van der Waals surface area (Å²) < 4.78 is 0. The van der Waals surface area contributed by atoms with Crippen LogP contribution < -0.4 is 5.73 Å². The first-order chi connectivity index (χ1) is 7.63. The van der Waals surface area contributed by atoms with Crippen molar-refractivity contribution in [3.8, 4) is 0 Å². The van der Waals surface area contributed by atoms with Gasteiger partial charge in [-0.1, -0.05) is 53.2 Å². The van der Waals surface area contributed by atoms with Gasteiger partial charge in [0.15, 0.2) is 0 Å². The van der Waals surface area contributed by atoms with Crippen LogP contribution in [0.2, 0.25) is 0 Å². The SMILES string of the molecule is CC(CC(C)(C)C(C)(C)C)C1=CCC(N)CC1. The topological polar surface area (TPSA) is 26.0 Å². The Labute approximate surface area is 108 Å². The molecule has 2 atom stereocenters. The van der Waals surface area contributed by atoms with Crippen LogP contribution in [0.15, 0.2) is 11.6 Å². The van der Waals surface area contributed by atoms with Gasteiger partial charge in [0.25, 0.3) is 0 Å². The second kappa shape index (κ2) is 5.14. The number of hydrogen-bond acceptors (Lipinski definition) is 1. The number of hydrogen-bond donors (Lipinski definition) is 1. The van der Waals surface area contributed by atoms with Gasteiger partial charge in [-0.15, -0.1) is 0 Å². The summed E-state index contributed by atoms with van der Waals surface area (Å²) in [6.07, 6.45) is 7.14. The molecular formula is C16H31N. The van der Waals surface area contributed by atoms with Gasteiger partial charge in [-0.25, -0.2) is 0 Å². The smallest absolute Gasteiger partial charge is 0.00765 e. The van der Waals surface area contributed by atoms with Crippen LogP contribution in [0.3, 0.4) is 0 Å². The fourth-order valence-electron chi connectivity index (χ4n) is 2.53. The minimum atomic E-state index is 0.368. The zero-order chi connectivity index (χ0) is 13.3. The number of nitrogens with two attached hydrogens (primary N) is 1. The van der Waals surface area contributed by atoms with Gasteiger partial charge in [-0.05, 0) is 42.4 Å². The maximum absolute atomic E-state index is 5.95. The fourth-order valence-corrected chi connectivity index (χ4v) is 2.53. The van der Waals surface area contributed by atoms with Gasteiger partial charge < -0.3 is 5.73 Å². The van der Waals surface area contributed by atoms with Crippen molar-refractivity contribution in [1.82, 2.24) is 0 Å². The molecule has 100 valence electrons. The summed E-state index contributed by atoms with van der Waals surface area (Å²) in [6.45, 7) is 14.2. The third-order valence-corrected chi connectivity index (χ3v) is 4.97. The third-order valence-electron chi connectivity index (χ3n) is 4.97. The van der Waals surface area contributed by atoms with Crippen molar-refractivity contribution < 1.29 is 0 Å².